The Kier molecular flexibility index (Phi) is 22.3. The number of phosphoric acid groups is 2. The SMILES string of the molecule is CC1(C)C2=C(C=[C+]c3cc(SOO[O-])ccc32)[N+](CCCCCC(=O)NCC#Cc2cn([C@H]3CC[C@@H](COP([O-])(=S)OP(=O)([O-])OP(=O)([O-])O)O3)c(=O)[nH]c2=O)=C1/C=C/C=C/C=C1/N(CCCCCC(=O)O)c2ccc(S(=O)(=O)[O-])cc2C1(C)C. The van der Waals surface area contributed by atoms with E-state index in [9.17, 15) is 61.2 Å². The van der Waals surface area contributed by atoms with Crippen LogP contribution in [0.3, 0.4) is 0 Å². The standard InChI is InChI=1S/C53H62N5O21P3S3/c1-52(2)41-32-39(85(71,72)73)23-26-42(41)56(29-13-7-11-19-48(60)61)44(52)16-8-5-9-17-45-53(3,4)49-40-24-22-38(84-77-76-64)31-35(40)20-25-43(49)57(45)30-12-6-10-18-46(59)54-28-14-15-36-33-58(51(63)55-50(36)62)47-27-21-37(75-47)34-74-82(70,83)79-81(68,69)78-80(65,66)67/h5,8-9,16-17,22-26,31-33,37,47H,6-7,10-13,18-19,21,27-30,34H2,1-4H3,(H7-2,54,55,59,60,61,62,63,64,65,66,67,68,69,70,71,72,73,83)/p-3/t37-,47+,82?/m0/s1. The normalized spacial score (nSPS) is 20.4. The molecule has 1 aliphatic carbocycles. The van der Waals surface area contributed by atoms with Crippen molar-refractivity contribution in [1.82, 2.24) is 14.9 Å². The summed E-state index contributed by atoms with van der Waals surface area (Å²) in [5.41, 5.74) is 3.93. The number of aromatic amines is 1. The molecule has 7 rings (SSSR count). The summed E-state index contributed by atoms with van der Waals surface area (Å²) in [6, 6.07) is 9.98. The van der Waals surface area contributed by atoms with Gasteiger partial charge in [0.15, 0.2) is 12.1 Å². The minimum absolute atomic E-state index is 0.0496. The van der Waals surface area contributed by atoms with Gasteiger partial charge in [0.25, 0.3) is 26.9 Å². The summed E-state index contributed by atoms with van der Waals surface area (Å²) < 4.78 is 84.3. The number of nitrogens with zero attached hydrogens (tertiary/aromatic N) is 3. The topological polar surface area (TPSA) is 387 Å². The quantitative estimate of drug-likeness (QED) is 0.00762. The minimum atomic E-state index is -5.91. The first-order valence-electron chi connectivity index (χ1n) is 26.3. The molecule has 26 nitrogen and oxygen atoms in total. The zero-order valence-corrected chi connectivity index (χ0v) is 51.3. The number of rotatable bonds is 28. The average Bonchev–Trinajstić information content (AvgIpc) is 3.62. The Labute approximate surface area is 498 Å². The third kappa shape index (κ3) is 17.7. The first-order valence-corrected chi connectivity index (χ1v) is 34.0. The average molecular weight is 1290 g/mol. The summed E-state index contributed by atoms with van der Waals surface area (Å²) in [7, 11) is -16.5. The van der Waals surface area contributed by atoms with E-state index >= 15 is 0 Å². The van der Waals surface area contributed by atoms with Gasteiger partial charge in [0.2, 0.25) is 11.6 Å². The Bertz CT molecular complexity index is 3720. The van der Waals surface area contributed by atoms with Crippen molar-refractivity contribution >= 4 is 85.2 Å². The Morgan fingerprint density at radius 2 is 1.74 bits per heavy atom. The fourth-order valence-corrected chi connectivity index (χ4v) is 15.1. The van der Waals surface area contributed by atoms with Crippen molar-refractivity contribution < 1.29 is 93.5 Å². The number of allylic oxidation sites excluding steroid dienone is 8. The van der Waals surface area contributed by atoms with Gasteiger partial charge in [-0.15, -0.1) is 0 Å². The summed E-state index contributed by atoms with van der Waals surface area (Å²) >= 11 is 5.24. The third-order valence-corrected chi connectivity index (χ3v) is 20.1. The Morgan fingerprint density at radius 3 is 2.46 bits per heavy atom. The van der Waals surface area contributed by atoms with Gasteiger partial charge < -0.3 is 54.0 Å². The number of hydrogen-bond acceptors (Lipinski definition) is 22. The molecule has 1 aromatic heterocycles. The van der Waals surface area contributed by atoms with Crippen molar-refractivity contribution in [3.63, 3.8) is 0 Å². The lowest BCUT2D eigenvalue weighted by Gasteiger charge is -2.35. The number of hydrogen-bond donors (Lipinski definition) is 4. The van der Waals surface area contributed by atoms with Crippen molar-refractivity contribution in [3.05, 3.63) is 140 Å². The van der Waals surface area contributed by atoms with Gasteiger partial charge in [-0.1, -0.05) is 62.1 Å². The number of unbranched alkanes of at least 4 members (excludes halogenated alkanes) is 4. The molecule has 3 aromatic rings. The van der Waals surface area contributed by atoms with Crippen molar-refractivity contribution in [1.29, 1.82) is 0 Å². The predicted octanol–water partition coefficient (Wildman–Crippen LogP) is 4.01. The number of fused-ring (bicyclic) bond motifs is 3. The first kappa shape index (κ1) is 67.1. The van der Waals surface area contributed by atoms with Crippen molar-refractivity contribution in [2.45, 2.75) is 119 Å². The number of aliphatic carboxylic acids is 1. The smallest absolute Gasteiger partial charge is 0.330 e. The monoisotopic (exact) mass is 1290 g/mol. The molecule has 0 spiro atoms. The van der Waals surface area contributed by atoms with E-state index in [0.29, 0.717) is 62.1 Å². The van der Waals surface area contributed by atoms with Crippen LogP contribution >= 0.6 is 34.4 Å². The lowest BCUT2D eigenvalue weighted by molar-refractivity contribution is -0.777. The Hall–Kier alpha value is -5.37. The second-order valence-electron chi connectivity index (χ2n) is 20.8. The molecule has 1 fully saturated rings. The number of H-pyrrole nitrogens is 1. The van der Waals surface area contributed by atoms with Gasteiger partial charge in [0.1, 0.15) is 45.7 Å². The highest BCUT2D eigenvalue weighted by Gasteiger charge is 2.52. The van der Waals surface area contributed by atoms with Crippen molar-refractivity contribution in [3.8, 4) is 11.8 Å². The number of carboxylic acid groups (broad SMARTS) is 1. The second kappa shape index (κ2) is 28.2. The van der Waals surface area contributed by atoms with Gasteiger partial charge in [0, 0.05) is 67.0 Å². The van der Waals surface area contributed by atoms with E-state index in [2.05, 4.69) is 81.3 Å². The van der Waals surface area contributed by atoms with E-state index in [1.807, 2.05) is 68.5 Å². The Morgan fingerprint density at radius 1 is 1.00 bits per heavy atom. The first-order chi connectivity index (χ1) is 39.9. The van der Waals surface area contributed by atoms with E-state index in [-0.39, 0.29) is 48.6 Å². The molecule has 0 radical (unpaired) electrons. The van der Waals surface area contributed by atoms with Crippen LogP contribution in [0, 0.1) is 23.3 Å². The maximum atomic E-state index is 13.0. The fourth-order valence-electron chi connectivity index (χ4n) is 10.3. The van der Waals surface area contributed by atoms with Crippen molar-refractivity contribution in [2.75, 3.05) is 31.1 Å². The molecule has 4 N–H and O–H groups in total. The summed E-state index contributed by atoms with van der Waals surface area (Å²) in [6.07, 6.45) is 18.5. The molecule has 1 amide bonds. The van der Waals surface area contributed by atoms with Crippen LogP contribution in [0.25, 0.3) is 5.57 Å². The molecule has 458 valence electrons. The molecule has 4 heterocycles. The maximum absolute atomic E-state index is 13.0. The number of nitrogens with one attached hydrogen (secondary N) is 2. The summed E-state index contributed by atoms with van der Waals surface area (Å²) in [5, 5.41) is 26.0. The molecule has 4 aliphatic rings. The van der Waals surface area contributed by atoms with E-state index in [4.69, 9.17) is 19.3 Å². The van der Waals surface area contributed by atoms with Gasteiger partial charge in [-0.2, -0.15) is 8.91 Å². The number of carboxylic acids is 1. The highest BCUT2D eigenvalue weighted by atomic mass is 32.5. The number of benzene rings is 2. The van der Waals surface area contributed by atoms with Gasteiger partial charge in [-0.05, 0) is 94.3 Å². The summed E-state index contributed by atoms with van der Waals surface area (Å²) in [4.78, 5) is 97.4. The zero-order valence-electron chi connectivity index (χ0n) is 46.1. The number of aromatic nitrogens is 2. The minimum Gasteiger partial charge on any atom is -0.779 e. The van der Waals surface area contributed by atoms with Crippen molar-refractivity contribution in [2.24, 2.45) is 5.41 Å². The molecule has 0 bridgehead atoms. The molecule has 32 heteroatoms. The van der Waals surface area contributed by atoms with Crippen LogP contribution in [-0.4, -0.2) is 87.0 Å². The molecule has 3 unspecified atom stereocenters. The van der Waals surface area contributed by atoms with E-state index in [1.165, 1.54) is 12.1 Å². The highest BCUT2D eigenvalue weighted by molar-refractivity contribution is 8.07. The van der Waals surface area contributed by atoms with Crippen LogP contribution < -0.4 is 41.4 Å². The largest absolute Gasteiger partial charge is 0.779 e. The third-order valence-electron chi connectivity index (χ3n) is 14.1. The zero-order chi connectivity index (χ0) is 62.1. The van der Waals surface area contributed by atoms with Crippen LogP contribution in [-0.2, 0) is 73.3 Å². The molecular weight excluding hydrogens is 1230 g/mol. The van der Waals surface area contributed by atoms with Gasteiger partial charge in [-0.3, -0.25) is 42.4 Å². The summed E-state index contributed by atoms with van der Waals surface area (Å²) in [6.45, 7) is 3.56. The van der Waals surface area contributed by atoms with Crippen LogP contribution in [0.1, 0.15) is 120 Å². The number of amides is 1. The molecule has 1 saturated heterocycles. The second-order valence-corrected chi connectivity index (χ2v) is 28.5. The molecule has 5 atom stereocenters. The predicted molar refractivity (Wildman–Crippen MR) is 302 cm³/mol. The van der Waals surface area contributed by atoms with Crippen LogP contribution in [0.4, 0.5) is 5.69 Å². The maximum Gasteiger partial charge on any atom is 0.330 e. The number of carbonyl (C=O) groups is 2. The number of carbonyl (C=O) groups excluding carboxylic acids is 1. The molecule has 85 heavy (non-hydrogen) atoms. The lowest BCUT2D eigenvalue weighted by atomic mass is 9.75. The molecule has 3 aliphatic heterocycles. The van der Waals surface area contributed by atoms with Gasteiger partial charge in [-0.25, -0.2) is 17.5 Å². The van der Waals surface area contributed by atoms with Gasteiger partial charge in [0.05, 0.1) is 46.7 Å². The van der Waals surface area contributed by atoms with Gasteiger partial charge >= 0.3 is 11.7 Å². The van der Waals surface area contributed by atoms with Crippen LogP contribution in [0.2, 0.25) is 0 Å². The number of ether oxygens (including phenoxy) is 1. The summed E-state index contributed by atoms with van der Waals surface area (Å²) in [5.74, 6) is 4.17. The molecule has 2 aromatic carbocycles. The number of anilines is 1. The van der Waals surface area contributed by atoms with E-state index < -0.39 is 79.5 Å². The molecule has 0 saturated carbocycles. The molecular formula is C53H59N5O21P3S3-3. The van der Waals surface area contributed by atoms with E-state index in [1.54, 1.807) is 6.07 Å². The lowest BCUT2D eigenvalue weighted by Crippen LogP contribution is -2.34. The fraction of sp³-hybridized carbons (Fsp3) is 0.415. The van der Waals surface area contributed by atoms with E-state index in [0.717, 1.165) is 62.3 Å². The highest BCUT2D eigenvalue weighted by Crippen LogP contribution is 2.62. The van der Waals surface area contributed by atoms with Crippen LogP contribution in [0.15, 0.2) is 110 Å². The van der Waals surface area contributed by atoms with Crippen LogP contribution in [0.5, 0.6) is 0 Å². The Balaban J connectivity index is 0.989.